The maximum atomic E-state index is 13.4. The molecule has 0 saturated heterocycles. The number of halogens is 3. The van der Waals surface area contributed by atoms with Crippen molar-refractivity contribution in [3.63, 3.8) is 0 Å². The predicted molar refractivity (Wildman–Crippen MR) is 73.0 cm³/mol. The van der Waals surface area contributed by atoms with Gasteiger partial charge in [-0.3, -0.25) is 0 Å². The standard InChI is InChI=1S/C16H16F3N/c1-3-20-16(11-7-13(18)9-14(19)8-11)15-5-4-12(17)6-10(15)2/h4-9,16,20H,3H2,1-2H3. The molecule has 0 aliphatic carbocycles. The molecule has 106 valence electrons. The van der Waals surface area contributed by atoms with Gasteiger partial charge in [-0.1, -0.05) is 13.0 Å². The molecule has 0 spiro atoms. The molecule has 0 saturated carbocycles. The lowest BCUT2D eigenvalue weighted by molar-refractivity contribution is 0.563. The Balaban J connectivity index is 2.49. The fourth-order valence-corrected chi connectivity index (χ4v) is 2.32. The fourth-order valence-electron chi connectivity index (χ4n) is 2.32. The van der Waals surface area contributed by atoms with E-state index < -0.39 is 11.6 Å². The van der Waals surface area contributed by atoms with Gasteiger partial charge in [-0.25, -0.2) is 13.2 Å². The normalized spacial score (nSPS) is 12.4. The second-order valence-electron chi connectivity index (χ2n) is 4.69. The average molecular weight is 279 g/mol. The van der Waals surface area contributed by atoms with E-state index >= 15 is 0 Å². The van der Waals surface area contributed by atoms with Crippen molar-refractivity contribution < 1.29 is 13.2 Å². The van der Waals surface area contributed by atoms with Crippen molar-refractivity contribution in [1.82, 2.24) is 5.32 Å². The van der Waals surface area contributed by atoms with Gasteiger partial charge >= 0.3 is 0 Å². The van der Waals surface area contributed by atoms with Crippen LogP contribution in [0.2, 0.25) is 0 Å². The average Bonchev–Trinajstić information content (AvgIpc) is 2.35. The maximum absolute atomic E-state index is 13.4. The maximum Gasteiger partial charge on any atom is 0.126 e. The van der Waals surface area contributed by atoms with Crippen molar-refractivity contribution in [2.75, 3.05) is 6.54 Å². The minimum absolute atomic E-state index is 0.327. The molecule has 2 aromatic rings. The first-order valence-corrected chi connectivity index (χ1v) is 6.46. The number of hydrogen-bond acceptors (Lipinski definition) is 1. The van der Waals surface area contributed by atoms with Crippen molar-refractivity contribution in [1.29, 1.82) is 0 Å². The number of benzene rings is 2. The molecular formula is C16H16F3N. The van der Waals surface area contributed by atoms with Crippen molar-refractivity contribution in [2.45, 2.75) is 19.9 Å². The zero-order valence-corrected chi connectivity index (χ0v) is 11.4. The molecule has 0 heterocycles. The summed E-state index contributed by atoms with van der Waals surface area (Å²) in [4.78, 5) is 0. The van der Waals surface area contributed by atoms with Crippen LogP contribution in [0.1, 0.15) is 29.7 Å². The molecule has 0 fully saturated rings. The highest BCUT2D eigenvalue weighted by atomic mass is 19.1. The lowest BCUT2D eigenvalue weighted by atomic mass is 9.94. The molecule has 0 radical (unpaired) electrons. The fraction of sp³-hybridized carbons (Fsp3) is 0.250. The Morgan fingerprint density at radius 3 is 2.15 bits per heavy atom. The third-order valence-corrected chi connectivity index (χ3v) is 3.17. The molecule has 0 aliphatic heterocycles. The molecule has 1 atom stereocenters. The van der Waals surface area contributed by atoms with Crippen LogP contribution in [0.15, 0.2) is 36.4 Å². The highest BCUT2D eigenvalue weighted by Crippen LogP contribution is 2.26. The monoisotopic (exact) mass is 279 g/mol. The summed E-state index contributed by atoms with van der Waals surface area (Å²) in [6, 6.07) is 7.45. The van der Waals surface area contributed by atoms with E-state index in [1.165, 1.54) is 24.3 Å². The van der Waals surface area contributed by atoms with E-state index in [2.05, 4.69) is 5.32 Å². The Kier molecular flexibility index (Phi) is 4.45. The predicted octanol–water partition coefficient (Wildman–Crippen LogP) is 4.11. The van der Waals surface area contributed by atoms with Gasteiger partial charge in [0.15, 0.2) is 0 Å². The summed E-state index contributed by atoms with van der Waals surface area (Å²) in [6.45, 7) is 4.31. The molecule has 1 N–H and O–H groups in total. The van der Waals surface area contributed by atoms with Gasteiger partial charge in [-0.15, -0.1) is 0 Å². The molecule has 1 nitrogen and oxygen atoms in total. The van der Waals surface area contributed by atoms with Crippen LogP contribution in [-0.2, 0) is 0 Å². The molecule has 20 heavy (non-hydrogen) atoms. The van der Waals surface area contributed by atoms with Crippen LogP contribution in [0, 0.1) is 24.4 Å². The van der Waals surface area contributed by atoms with Crippen LogP contribution in [0.5, 0.6) is 0 Å². The van der Waals surface area contributed by atoms with E-state index in [4.69, 9.17) is 0 Å². The van der Waals surface area contributed by atoms with Gasteiger partial charge < -0.3 is 5.32 Å². The van der Waals surface area contributed by atoms with Gasteiger partial charge in [0, 0.05) is 6.07 Å². The number of rotatable bonds is 4. The Bertz CT molecular complexity index is 590. The summed E-state index contributed by atoms with van der Waals surface area (Å²) in [5.41, 5.74) is 2.03. The van der Waals surface area contributed by atoms with E-state index in [-0.39, 0.29) is 11.9 Å². The van der Waals surface area contributed by atoms with Crippen molar-refractivity contribution in [3.05, 3.63) is 70.5 Å². The Hall–Kier alpha value is -1.81. The topological polar surface area (TPSA) is 12.0 Å². The summed E-state index contributed by atoms with van der Waals surface area (Å²) >= 11 is 0. The van der Waals surface area contributed by atoms with Gasteiger partial charge in [0.1, 0.15) is 17.5 Å². The van der Waals surface area contributed by atoms with E-state index in [0.717, 1.165) is 17.2 Å². The van der Waals surface area contributed by atoms with Crippen molar-refractivity contribution in [3.8, 4) is 0 Å². The molecule has 0 aliphatic rings. The van der Waals surface area contributed by atoms with E-state index in [0.29, 0.717) is 12.1 Å². The third-order valence-electron chi connectivity index (χ3n) is 3.17. The van der Waals surface area contributed by atoms with E-state index in [1.54, 1.807) is 13.0 Å². The Morgan fingerprint density at radius 2 is 1.60 bits per heavy atom. The highest BCUT2D eigenvalue weighted by molar-refractivity contribution is 5.37. The first-order valence-electron chi connectivity index (χ1n) is 6.46. The zero-order chi connectivity index (χ0) is 14.7. The van der Waals surface area contributed by atoms with Gasteiger partial charge in [0.25, 0.3) is 0 Å². The van der Waals surface area contributed by atoms with Gasteiger partial charge in [0.05, 0.1) is 6.04 Å². The Labute approximate surface area is 116 Å². The highest BCUT2D eigenvalue weighted by Gasteiger charge is 2.17. The second kappa shape index (κ2) is 6.09. The molecular weight excluding hydrogens is 263 g/mol. The molecule has 0 amide bonds. The zero-order valence-electron chi connectivity index (χ0n) is 11.4. The van der Waals surface area contributed by atoms with Gasteiger partial charge in [-0.05, 0) is 54.4 Å². The largest absolute Gasteiger partial charge is 0.307 e. The third kappa shape index (κ3) is 3.20. The van der Waals surface area contributed by atoms with Gasteiger partial charge in [-0.2, -0.15) is 0 Å². The molecule has 0 bridgehead atoms. The first-order chi connectivity index (χ1) is 9.51. The molecule has 0 aromatic heterocycles. The minimum Gasteiger partial charge on any atom is -0.307 e. The van der Waals surface area contributed by atoms with Crippen LogP contribution in [-0.4, -0.2) is 6.54 Å². The van der Waals surface area contributed by atoms with Gasteiger partial charge in [0.2, 0.25) is 0 Å². The summed E-state index contributed by atoms with van der Waals surface area (Å²) in [7, 11) is 0. The number of nitrogens with one attached hydrogen (secondary N) is 1. The van der Waals surface area contributed by atoms with Crippen LogP contribution in [0.3, 0.4) is 0 Å². The lowest BCUT2D eigenvalue weighted by Gasteiger charge is -2.21. The van der Waals surface area contributed by atoms with Crippen LogP contribution in [0.4, 0.5) is 13.2 Å². The number of hydrogen-bond donors (Lipinski definition) is 1. The SMILES string of the molecule is CCNC(c1cc(F)cc(F)c1)c1ccc(F)cc1C. The minimum atomic E-state index is -0.623. The summed E-state index contributed by atoms with van der Waals surface area (Å²) < 4.78 is 39.9. The first kappa shape index (κ1) is 14.6. The van der Waals surface area contributed by atoms with Crippen LogP contribution >= 0.6 is 0 Å². The second-order valence-corrected chi connectivity index (χ2v) is 4.69. The quantitative estimate of drug-likeness (QED) is 0.888. The number of aryl methyl sites for hydroxylation is 1. The van der Waals surface area contributed by atoms with Crippen LogP contribution < -0.4 is 5.32 Å². The van der Waals surface area contributed by atoms with E-state index in [1.807, 2.05) is 6.92 Å². The molecule has 2 rings (SSSR count). The summed E-state index contributed by atoms with van der Waals surface area (Å²) in [5, 5.41) is 3.17. The smallest absolute Gasteiger partial charge is 0.126 e. The molecule has 1 unspecified atom stereocenters. The summed E-state index contributed by atoms with van der Waals surface area (Å²) in [5.74, 6) is -1.57. The molecule has 4 heteroatoms. The van der Waals surface area contributed by atoms with Crippen molar-refractivity contribution >= 4 is 0 Å². The summed E-state index contributed by atoms with van der Waals surface area (Å²) in [6.07, 6.45) is 0. The van der Waals surface area contributed by atoms with Crippen LogP contribution in [0.25, 0.3) is 0 Å². The van der Waals surface area contributed by atoms with Crippen molar-refractivity contribution in [2.24, 2.45) is 0 Å². The molecule has 2 aromatic carbocycles. The lowest BCUT2D eigenvalue weighted by Crippen LogP contribution is -2.23. The van der Waals surface area contributed by atoms with E-state index in [9.17, 15) is 13.2 Å². The Morgan fingerprint density at radius 1 is 0.950 bits per heavy atom.